The Morgan fingerprint density at radius 3 is 2.94 bits per heavy atom. The Hall–Kier alpha value is -1.55. The fourth-order valence-corrected chi connectivity index (χ4v) is 1.48. The molecule has 2 rings (SSSR count). The van der Waals surface area contributed by atoms with Gasteiger partial charge in [-0.2, -0.15) is 5.10 Å². The van der Waals surface area contributed by atoms with Gasteiger partial charge in [0, 0.05) is 12.1 Å². The molecule has 0 N–H and O–H groups in total. The summed E-state index contributed by atoms with van der Waals surface area (Å²) in [5.41, 5.74) is 1.05. The van der Waals surface area contributed by atoms with Crippen LogP contribution in [-0.4, -0.2) is 14.8 Å². The van der Waals surface area contributed by atoms with Crippen LogP contribution in [0.1, 0.15) is 11.4 Å². The quantitative estimate of drug-likeness (QED) is 0.823. The Morgan fingerprint density at radius 2 is 2.25 bits per heavy atom. The van der Waals surface area contributed by atoms with Gasteiger partial charge in [-0.25, -0.2) is 4.98 Å². The molecule has 1 aromatic heterocycles. The normalized spacial score (nSPS) is 10.4. The third-order valence-electron chi connectivity index (χ3n) is 2.31. The van der Waals surface area contributed by atoms with Crippen molar-refractivity contribution >= 4 is 11.6 Å². The van der Waals surface area contributed by atoms with Crippen LogP contribution in [0, 0.1) is 6.92 Å². The molecule has 0 saturated heterocycles. The number of halogens is 1. The van der Waals surface area contributed by atoms with Gasteiger partial charge in [-0.3, -0.25) is 4.68 Å². The Balaban J connectivity index is 2.10. The summed E-state index contributed by atoms with van der Waals surface area (Å²) in [6.07, 6.45) is 1.50. The standard InChI is InChI=1S/C11H12ClN3O/c1-8-3-4-9(12)5-10(8)16-6-11-13-7-14-15(11)2/h3-5,7H,6H2,1-2H3. The maximum absolute atomic E-state index is 5.90. The minimum absolute atomic E-state index is 0.387. The summed E-state index contributed by atoms with van der Waals surface area (Å²) in [6.45, 7) is 2.36. The predicted molar refractivity (Wildman–Crippen MR) is 61.5 cm³/mol. The number of hydrogen-bond donors (Lipinski definition) is 0. The molecule has 0 aliphatic heterocycles. The van der Waals surface area contributed by atoms with Gasteiger partial charge in [-0.1, -0.05) is 17.7 Å². The van der Waals surface area contributed by atoms with Crippen LogP contribution in [0.2, 0.25) is 5.02 Å². The van der Waals surface area contributed by atoms with Crippen molar-refractivity contribution < 1.29 is 4.74 Å². The van der Waals surface area contributed by atoms with Gasteiger partial charge in [-0.15, -0.1) is 0 Å². The average Bonchev–Trinajstić information content (AvgIpc) is 2.66. The molecule has 5 heteroatoms. The Bertz CT molecular complexity index is 496. The number of ether oxygens (including phenoxy) is 1. The molecule has 0 radical (unpaired) electrons. The van der Waals surface area contributed by atoms with Crippen LogP contribution in [-0.2, 0) is 13.7 Å². The molecule has 0 spiro atoms. The molecule has 0 unspecified atom stereocenters. The van der Waals surface area contributed by atoms with E-state index in [9.17, 15) is 0 Å². The van der Waals surface area contributed by atoms with Crippen LogP contribution in [0.3, 0.4) is 0 Å². The molecule has 16 heavy (non-hydrogen) atoms. The maximum atomic E-state index is 5.90. The minimum Gasteiger partial charge on any atom is -0.485 e. The SMILES string of the molecule is Cc1ccc(Cl)cc1OCc1ncnn1C. The Morgan fingerprint density at radius 1 is 1.44 bits per heavy atom. The molecule has 1 aromatic carbocycles. The lowest BCUT2D eigenvalue weighted by atomic mass is 10.2. The molecule has 4 nitrogen and oxygen atoms in total. The van der Waals surface area contributed by atoms with E-state index in [1.54, 1.807) is 10.7 Å². The highest BCUT2D eigenvalue weighted by Crippen LogP contribution is 2.23. The molecule has 0 aliphatic rings. The zero-order chi connectivity index (χ0) is 11.5. The zero-order valence-electron chi connectivity index (χ0n) is 9.14. The van der Waals surface area contributed by atoms with Gasteiger partial charge in [0.1, 0.15) is 18.7 Å². The van der Waals surface area contributed by atoms with E-state index in [4.69, 9.17) is 16.3 Å². The highest BCUT2D eigenvalue weighted by atomic mass is 35.5. The largest absolute Gasteiger partial charge is 0.485 e. The summed E-state index contributed by atoms with van der Waals surface area (Å²) >= 11 is 5.90. The Kier molecular flexibility index (Phi) is 3.10. The van der Waals surface area contributed by atoms with Crippen molar-refractivity contribution in [3.8, 4) is 5.75 Å². The third-order valence-corrected chi connectivity index (χ3v) is 2.55. The van der Waals surface area contributed by atoms with E-state index in [2.05, 4.69) is 10.1 Å². The third kappa shape index (κ3) is 2.33. The molecular weight excluding hydrogens is 226 g/mol. The first-order valence-electron chi connectivity index (χ1n) is 4.88. The number of aromatic nitrogens is 3. The summed E-state index contributed by atoms with van der Waals surface area (Å²) in [5, 5.41) is 4.63. The smallest absolute Gasteiger partial charge is 0.164 e. The van der Waals surface area contributed by atoms with Gasteiger partial charge >= 0.3 is 0 Å². The van der Waals surface area contributed by atoms with Crippen LogP contribution in [0.15, 0.2) is 24.5 Å². The number of aryl methyl sites for hydroxylation is 2. The van der Waals surface area contributed by atoms with E-state index < -0.39 is 0 Å². The van der Waals surface area contributed by atoms with Crippen molar-refractivity contribution in [1.29, 1.82) is 0 Å². The molecule has 2 aromatic rings. The van der Waals surface area contributed by atoms with Crippen molar-refractivity contribution in [2.45, 2.75) is 13.5 Å². The number of hydrogen-bond acceptors (Lipinski definition) is 3. The minimum atomic E-state index is 0.387. The molecule has 0 aliphatic carbocycles. The van der Waals surface area contributed by atoms with Crippen molar-refractivity contribution in [2.24, 2.45) is 7.05 Å². The molecule has 0 saturated carbocycles. The van der Waals surface area contributed by atoms with Crippen LogP contribution in [0.25, 0.3) is 0 Å². The zero-order valence-corrected chi connectivity index (χ0v) is 9.90. The lowest BCUT2D eigenvalue weighted by Crippen LogP contribution is -2.05. The first kappa shape index (κ1) is 11.0. The highest BCUT2D eigenvalue weighted by Gasteiger charge is 2.04. The molecule has 0 fully saturated rings. The van der Waals surface area contributed by atoms with Crippen molar-refractivity contribution in [3.05, 3.63) is 40.9 Å². The van der Waals surface area contributed by atoms with Crippen LogP contribution in [0.5, 0.6) is 5.75 Å². The molecule has 0 amide bonds. The van der Waals surface area contributed by atoms with Gasteiger partial charge in [0.15, 0.2) is 5.82 Å². The first-order valence-corrected chi connectivity index (χ1v) is 5.26. The molecule has 1 heterocycles. The number of benzene rings is 1. The van der Waals surface area contributed by atoms with Crippen molar-refractivity contribution in [3.63, 3.8) is 0 Å². The Labute approximate surface area is 98.8 Å². The van der Waals surface area contributed by atoms with E-state index in [-0.39, 0.29) is 0 Å². The summed E-state index contributed by atoms with van der Waals surface area (Å²) in [7, 11) is 1.83. The van der Waals surface area contributed by atoms with Gasteiger partial charge < -0.3 is 4.74 Å². The second-order valence-corrected chi connectivity index (χ2v) is 3.93. The topological polar surface area (TPSA) is 39.9 Å². The summed E-state index contributed by atoms with van der Waals surface area (Å²) in [5.74, 6) is 1.55. The van der Waals surface area contributed by atoms with Crippen LogP contribution >= 0.6 is 11.6 Å². The second-order valence-electron chi connectivity index (χ2n) is 3.50. The maximum Gasteiger partial charge on any atom is 0.164 e. The monoisotopic (exact) mass is 237 g/mol. The second kappa shape index (κ2) is 4.53. The molecule has 84 valence electrons. The van der Waals surface area contributed by atoms with E-state index in [0.717, 1.165) is 17.1 Å². The first-order chi connectivity index (χ1) is 7.66. The van der Waals surface area contributed by atoms with E-state index in [0.29, 0.717) is 11.6 Å². The van der Waals surface area contributed by atoms with E-state index in [1.165, 1.54) is 6.33 Å². The van der Waals surface area contributed by atoms with Gasteiger partial charge in [-0.05, 0) is 24.6 Å². The molecule has 0 bridgehead atoms. The van der Waals surface area contributed by atoms with E-state index in [1.807, 2.05) is 26.1 Å². The summed E-state index contributed by atoms with van der Waals surface area (Å²) in [4.78, 5) is 4.08. The van der Waals surface area contributed by atoms with Gasteiger partial charge in [0.05, 0.1) is 0 Å². The van der Waals surface area contributed by atoms with Gasteiger partial charge in [0.2, 0.25) is 0 Å². The fraction of sp³-hybridized carbons (Fsp3) is 0.273. The number of rotatable bonds is 3. The molecule has 0 atom stereocenters. The highest BCUT2D eigenvalue weighted by molar-refractivity contribution is 6.30. The van der Waals surface area contributed by atoms with Crippen molar-refractivity contribution in [2.75, 3.05) is 0 Å². The number of nitrogens with zero attached hydrogens (tertiary/aromatic N) is 3. The summed E-state index contributed by atoms with van der Waals surface area (Å²) < 4.78 is 7.32. The lowest BCUT2D eigenvalue weighted by molar-refractivity contribution is 0.288. The average molecular weight is 238 g/mol. The fourth-order valence-electron chi connectivity index (χ4n) is 1.32. The van der Waals surface area contributed by atoms with Crippen molar-refractivity contribution in [1.82, 2.24) is 14.8 Å². The predicted octanol–water partition coefficient (Wildman–Crippen LogP) is 2.36. The summed E-state index contributed by atoms with van der Waals surface area (Å²) in [6, 6.07) is 5.56. The van der Waals surface area contributed by atoms with Crippen LogP contribution < -0.4 is 4.74 Å². The van der Waals surface area contributed by atoms with Crippen LogP contribution in [0.4, 0.5) is 0 Å². The van der Waals surface area contributed by atoms with Gasteiger partial charge in [0.25, 0.3) is 0 Å². The lowest BCUT2D eigenvalue weighted by Gasteiger charge is -2.08. The molecular formula is C11H12ClN3O. The van der Waals surface area contributed by atoms with E-state index >= 15 is 0 Å².